The lowest BCUT2D eigenvalue weighted by atomic mass is 10.7. The highest BCUT2D eigenvalue weighted by Crippen LogP contribution is 1.54. The van der Waals surface area contributed by atoms with Gasteiger partial charge in [-0.3, -0.25) is 0 Å². The fourth-order valence-electron chi connectivity index (χ4n) is 0.312. The highest BCUT2D eigenvalue weighted by atomic mass is 16.2. The minimum Gasteiger partial charge on any atom is -0.400 e. The van der Waals surface area contributed by atoms with E-state index in [1.54, 1.807) is 0 Å². The third kappa shape index (κ3) is 3.68. The molecule has 0 amide bonds. The minimum atomic E-state index is 1.00. The fourth-order valence-corrected chi connectivity index (χ4v) is 0.312. The predicted molar refractivity (Wildman–Crippen MR) is 27.3 cm³/mol. The first-order chi connectivity index (χ1) is 3.50. The first-order valence-corrected chi connectivity index (χ1v) is 2.15. The highest BCUT2D eigenvalue weighted by Gasteiger charge is 1.89. The zero-order valence-corrected chi connectivity index (χ0v) is 4.36. The molecule has 4 heteroatoms. The third-order valence-electron chi connectivity index (χ3n) is 0.552. The first-order valence-electron chi connectivity index (χ1n) is 2.15. The molecule has 4 nitrogen and oxygen atoms in total. The van der Waals surface area contributed by atoms with Gasteiger partial charge in [0.2, 0.25) is 0 Å². The standard InChI is InChI=1S/C2H7N3.CH4O/c1-2-4-5-3-1;1-2/h3-5H,1-2H2;2H,1H3. The Bertz CT molecular complexity index is 21.8. The van der Waals surface area contributed by atoms with Crippen molar-refractivity contribution < 1.29 is 5.11 Å². The van der Waals surface area contributed by atoms with Crippen LogP contribution >= 0.6 is 0 Å². The van der Waals surface area contributed by atoms with Crippen LogP contribution in [0.4, 0.5) is 0 Å². The summed E-state index contributed by atoms with van der Waals surface area (Å²) in [6.07, 6.45) is 0. The molecule has 0 aromatic heterocycles. The van der Waals surface area contributed by atoms with Crippen molar-refractivity contribution >= 4 is 0 Å². The maximum atomic E-state index is 7.00. The number of hydrogen-bond donors (Lipinski definition) is 4. The average molecular weight is 105 g/mol. The predicted octanol–water partition coefficient (Wildman–Crippen LogP) is -1.79. The molecule has 0 aliphatic carbocycles. The number of hydrazine groups is 2. The molecule has 1 aliphatic heterocycles. The molecule has 0 spiro atoms. The summed E-state index contributed by atoms with van der Waals surface area (Å²) in [6.45, 7) is 2.06. The smallest absolute Gasteiger partial charge is 0.0319 e. The van der Waals surface area contributed by atoms with E-state index in [-0.39, 0.29) is 0 Å². The first kappa shape index (κ1) is 6.84. The van der Waals surface area contributed by atoms with Crippen LogP contribution < -0.4 is 16.4 Å². The lowest BCUT2D eigenvalue weighted by Gasteiger charge is -1.82. The molecular weight excluding hydrogens is 94.1 g/mol. The Morgan fingerprint density at radius 3 is 1.71 bits per heavy atom. The van der Waals surface area contributed by atoms with Crippen LogP contribution in [-0.2, 0) is 0 Å². The largest absolute Gasteiger partial charge is 0.400 e. The quantitative estimate of drug-likeness (QED) is 0.294. The molecule has 7 heavy (non-hydrogen) atoms. The molecule has 1 saturated heterocycles. The van der Waals surface area contributed by atoms with E-state index in [2.05, 4.69) is 16.4 Å². The average Bonchev–Trinajstić information content (AvgIpc) is 2.23. The SMILES string of the molecule is C1CNNN1.CO. The van der Waals surface area contributed by atoms with Crippen LogP contribution in [-0.4, -0.2) is 25.3 Å². The van der Waals surface area contributed by atoms with Crippen molar-refractivity contribution in [2.75, 3.05) is 20.2 Å². The van der Waals surface area contributed by atoms with Gasteiger partial charge in [-0.2, -0.15) is 5.53 Å². The molecule has 1 heterocycles. The van der Waals surface area contributed by atoms with Crippen LogP contribution in [0.2, 0.25) is 0 Å². The van der Waals surface area contributed by atoms with E-state index < -0.39 is 0 Å². The normalized spacial score (nSPS) is 18.0. The van der Waals surface area contributed by atoms with Gasteiger partial charge in [-0.25, -0.2) is 10.9 Å². The Morgan fingerprint density at radius 2 is 1.57 bits per heavy atom. The summed E-state index contributed by atoms with van der Waals surface area (Å²) in [4.78, 5) is 0. The second-order valence-corrected chi connectivity index (χ2v) is 0.979. The molecule has 0 radical (unpaired) electrons. The third-order valence-corrected chi connectivity index (χ3v) is 0.552. The Kier molecular flexibility index (Phi) is 5.71. The number of aliphatic hydroxyl groups excluding tert-OH is 1. The molecule has 0 atom stereocenters. The zero-order valence-electron chi connectivity index (χ0n) is 4.36. The van der Waals surface area contributed by atoms with E-state index in [9.17, 15) is 0 Å². The second kappa shape index (κ2) is 5.84. The van der Waals surface area contributed by atoms with E-state index in [1.807, 2.05) is 0 Å². The molecule has 1 rings (SSSR count). The number of rotatable bonds is 0. The molecule has 0 saturated carbocycles. The molecule has 1 fully saturated rings. The molecule has 0 unspecified atom stereocenters. The van der Waals surface area contributed by atoms with E-state index in [0.29, 0.717) is 0 Å². The summed E-state index contributed by atoms with van der Waals surface area (Å²) in [5, 5.41) is 7.00. The van der Waals surface area contributed by atoms with Gasteiger partial charge >= 0.3 is 0 Å². The number of nitrogens with one attached hydrogen (secondary N) is 3. The van der Waals surface area contributed by atoms with Crippen molar-refractivity contribution in [3.8, 4) is 0 Å². The molecular formula is C3H11N3O. The molecule has 0 bridgehead atoms. The summed E-state index contributed by atoms with van der Waals surface area (Å²) in [7, 11) is 1.00. The van der Waals surface area contributed by atoms with Crippen molar-refractivity contribution in [3.63, 3.8) is 0 Å². The van der Waals surface area contributed by atoms with Crippen LogP contribution in [0.15, 0.2) is 0 Å². The van der Waals surface area contributed by atoms with Gasteiger partial charge < -0.3 is 5.11 Å². The molecule has 1 aliphatic rings. The van der Waals surface area contributed by atoms with Crippen LogP contribution in [0.3, 0.4) is 0 Å². The van der Waals surface area contributed by atoms with Gasteiger partial charge in [-0.1, -0.05) is 0 Å². The Morgan fingerprint density at radius 1 is 1.14 bits per heavy atom. The van der Waals surface area contributed by atoms with E-state index in [4.69, 9.17) is 5.11 Å². The van der Waals surface area contributed by atoms with E-state index in [0.717, 1.165) is 20.2 Å². The summed E-state index contributed by atoms with van der Waals surface area (Å²) in [5.74, 6) is 0. The molecule has 4 N–H and O–H groups in total. The van der Waals surface area contributed by atoms with Crippen LogP contribution in [0.5, 0.6) is 0 Å². The number of hydrogen-bond acceptors (Lipinski definition) is 4. The van der Waals surface area contributed by atoms with Gasteiger partial charge in [0.05, 0.1) is 0 Å². The minimum absolute atomic E-state index is 1.00. The van der Waals surface area contributed by atoms with Crippen LogP contribution in [0, 0.1) is 0 Å². The monoisotopic (exact) mass is 105 g/mol. The molecule has 44 valence electrons. The van der Waals surface area contributed by atoms with Gasteiger partial charge in [-0.05, 0) is 0 Å². The fraction of sp³-hybridized carbons (Fsp3) is 1.00. The Hall–Kier alpha value is -0.160. The van der Waals surface area contributed by atoms with Crippen molar-refractivity contribution in [2.45, 2.75) is 0 Å². The Labute approximate surface area is 42.9 Å². The summed E-state index contributed by atoms with van der Waals surface area (Å²) >= 11 is 0. The van der Waals surface area contributed by atoms with Crippen LogP contribution in [0.1, 0.15) is 0 Å². The summed E-state index contributed by atoms with van der Waals surface area (Å²) in [6, 6.07) is 0. The van der Waals surface area contributed by atoms with Gasteiger partial charge in [-0.15, -0.1) is 0 Å². The van der Waals surface area contributed by atoms with Crippen molar-refractivity contribution in [1.82, 2.24) is 16.4 Å². The topological polar surface area (TPSA) is 56.3 Å². The van der Waals surface area contributed by atoms with Crippen molar-refractivity contribution in [2.24, 2.45) is 0 Å². The maximum Gasteiger partial charge on any atom is 0.0319 e. The van der Waals surface area contributed by atoms with Gasteiger partial charge in [0.1, 0.15) is 0 Å². The van der Waals surface area contributed by atoms with Crippen molar-refractivity contribution in [1.29, 1.82) is 0 Å². The molecule has 0 aromatic carbocycles. The highest BCUT2D eigenvalue weighted by molar-refractivity contribution is 4.46. The second-order valence-electron chi connectivity index (χ2n) is 0.979. The lowest BCUT2D eigenvalue weighted by Crippen LogP contribution is -2.29. The summed E-state index contributed by atoms with van der Waals surface area (Å²) in [5.41, 5.74) is 8.44. The van der Waals surface area contributed by atoms with Gasteiger partial charge in [0.15, 0.2) is 0 Å². The van der Waals surface area contributed by atoms with Gasteiger partial charge in [0.25, 0.3) is 0 Å². The molecule has 0 aromatic rings. The number of aliphatic hydroxyl groups is 1. The lowest BCUT2D eigenvalue weighted by molar-refractivity contribution is 0.399. The van der Waals surface area contributed by atoms with E-state index >= 15 is 0 Å². The van der Waals surface area contributed by atoms with Gasteiger partial charge in [0, 0.05) is 20.2 Å². The zero-order chi connectivity index (χ0) is 5.54. The maximum absolute atomic E-state index is 7.00. The Balaban J connectivity index is 0.000000162. The van der Waals surface area contributed by atoms with Crippen molar-refractivity contribution in [3.05, 3.63) is 0 Å². The van der Waals surface area contributed by atoms with E-state index in [1.165, 1.54) is 0 Å². The summed E-state index contributed by atoms with van der Waals surface area (Å²) < 4.78 is 0. The van der Waals surface area contributed by atoms with Crippen LogP contribution in [0.25, 0.3) is 0 Å².